The van der Waals surface area contributed by atoms with Gasteiger partial charge in [-0.3, -0.25) is 9.20 Å². The van der Waals surface area contributed by atoms with Crippen LogP contribution in [0.4, 0.5) is 0 Å². The largest absolute Gasteiger partial charge is 0.336 e. The number of amides is 1. The number of pyridine rings is 1. The number of hydrogen-bond donors (Lipinski definition) is 0. The summed E-state index contributed by atoms with van der Waals surface area (Å²) in [5.74, 6) is 1.01. The molecule has 6 nitrogen and oxygen atoms in total. The zero-order valence-electron chi connectivity index (χ0n) is 15.7. The third-order valence-electron chi connectivity index (χ3n) is 5.27. The Balaban J connectivity index is 1.31. The van der Waals surface area contributed by atoms with Crippen molar-refractivity contribution < 1.29 is 4.79 Å². The van der Waals surface area contributed by atoms with Gasteiger partial charge in [-0.15, -0.1) is 10.2 Å². The zero-order valence-corrected chi connectivity index (χ0v) is 15.7. The van der Waals surface area contributed by atoms with Gasteiger partial charge in [-0.25, -0.2) is 0 Å². The molecule has 4 rings (SSSR count). The summed E-state index contributed by atoms with van der Waals surface area (Å²) in [4.78, 5) is 17.1. The lowest BCUT2D eigenvalue weighted by atomic mass is 9.96. The molecule has 6 heteroatoms. The third kappa shape index (κ3) is 4.01. The van der Waals surface area contributed by atoms with Gasteiger partial charge in [-0.05, 0) is 43.5 Å². The highest BCUT2D eigenvalue weighted by atomic mass is 16.2. The van der Waals surface area contributed by atoms with Crippen molar-refractivity contribution in [3.63, 3.8) is 0 Å². The fourth-order valence-corrected chi connectivity index (χ4v) is 3.85. The Morgan fingerprint density at radius 3 is 2.59 bits per heavy atom. The van der Waals surface area contributed by atoms with Crippen LogP contribution in [0.15, 0.2) is 54.7 Å². The van der Waals surface area contributed by atoms with Gasteiger partial charge in [0.2, 0.25) is 5.82 Å². The topological polar surface area (TPSA) is 53.7 Å². The molecule has 0 N–H and O–H groups in total. The summed E-state index contributed by atoms with van der Waals surface area (Å²) in [7, 11) is 2.17. The highest BCUT2D eigenvalue weighted by Crippen LogP contribution is 2.20. The SMILES string of the molecule is CN(Cc1ccccc1)CC1CCN(C(=O)c2nnc3ccccn23)CC1. The molecule has 27 heavy (non-hydrogen) atoms. The molecule has 0 atom stereocenters. The molecule has 1 fully saturated rings. The number of piperidine rings is 1. The Bertz CT molecular complexity index is 899. The minimum absolute atomic E-state index is 0.0233. The standard InChI is InChI=1S/C21H25N5O/c1-24(15-17-7-3-2-4-8-17)16-18-10-13-25(14-11-18)21(27)20-23-22-19-9-5-6-12-26(19)20/h2-9,12,18H,10-11,13-16H2,1H3. The van der Waals surface area contributed by atoms with E-state index in [0.717, 1.165) is 39.0 Å². The van der Waals surface area contributed by atoms with Crippen molar-refractivity contribution in [2.24, 2.45) is 5.92 Å². The number of rotatable bonds is 5. The second kappa shape index (κ2) is 7.88. The first kappa shape index (κ1) is 17.7. The molecule has 1 aliphatic heterocycles. The first-order chi connectivity index (χ1) is 13.2. The molecule has 0 aliphatic carbocycles. The molecule has 0 saturated carbocycles. The summed E-state index contributed by atoms with van der Waals surface area (Å²) in [6, 6.07) is 16.2. The monoisotopic (exact) mass is 363 g/mol. The Morgan fingerprint density at radius 1 is 1.07 bits per heavy atom. The van der Waals surface area contributed by atoms with Gasteiger partial charge >= 0.3 is 0 Å². The van der Waals surface area contributed by atoms with Crippen LogP contribution in [-0.2, 0) is 6.54 Å². The summed E-state index contributed by atoms with van der Waals surface area (Å²) >= 11 is 0. The third-order valence-corrected chi connectivity index (χ3v) is 5.27. The summed E-state index contributed by atoms with van der Waals surface area (Å²) < 4.78 is 1.77. The molecule has 3 heterocycles. The molecule has 3 aromatic rings. The Hall–Kier alpha value is -2.73. The van der Waals surface area contributed by atoms with Crippen molar-refractivity contribution in [3.05, 3.63) is 66.1 Å². The van der Waals surface area contributed by atoms with Crippen molar-refractivity contribution in [1.29, 1.82) is 0 Å². The fourth-order valence-electron chi connectivity index (χ4n) is 3.85. The molecule has 0 spiro atoms. The molecule has 2 aromatic heterocycles. The van der Waals surface area contributed by atoms with E-state index in [9.17, 15) is 4.79 Å². The van der Waals surface area contributed by atoms with Crippen LogP contribution in [0.1, 0.15) is 29.0 Å². The van der Waals surface area contributed by atoms with Crippen LogP contribution >= 0.6 is 0 Å². The number of carbonyl (C=O) groups excluding carboxylic acids is 1. The minimum atomic E-state index is -0.0233. The van der Waals surface area contributed by atoms with Gasteiger partial charge in [0.05, 0.1) is 0 Å². The van der Waals surface area contributed by atoms with Gasteiger partial charge in [0.1, 0.15) is 0 Å². The summed E-state index contributed by atoms with van der Waals surface area (Å²) in [5.41, 5.74) is 2.05. The summed E-state index contributed by atoms with van der Waals surface area (Å²) in [5, 5.41) is 8.19. The van der Waals surface area contributed by atoms with E-state index in [1.54, 1.807) is 4.40 Å². The lowest BCUT2D eigenvalue weighted by Crippen LogP contribution is -2.41. The number of likely N-dealkylation sites (tertiary alicyclic amines) is 1. The number of hydrogen-bond acceptors (Lipinski definition) is 4. The van der Waals surface area contributed by atoms with Gasteiger partial charge < -0.3 is 9.80 Å². The number of benzene rings is 1. The molecular formula is C21H25N5O. The average Bonchev–Trinajstić information content (AvgIpc) is 3.13. The number of nitrogens with zero attached hydrogens (tertiary/aromatic N) is 5. The average molecular weight is 363 g/mol. The normalized spacial score (nSPS) is 15.6. The van der Waals surface area contributed by atoms with Gasteiger partial charge in [0.25, 0.3) is 5.91 Å². The van der Waals surface area contributed by atoms with Crippen molar-refractivity contribution in [1.82, 2.24) is 24.4 Å². The van der Waals surface area contributed by atoms with Crippen molar-refractivity contribution >= 4 is 11.6 Å². The van der Waals surface area contributed by atoms with E-state index in [-0.39, 0.29) is 5.91 Å². The van der Waals surface area contributed by atoms with Crippen LogP contribution < -0.4 is 0 Å². The van der Waals surface area contributed by atoms with Gasteiger partial charge in [0, 0.05) is 32.4 Å². The first-order valence-electron chi connectivity index (χ1n) is 9.52. The Morgan fingerprint density at radius 2 is 1.81 bits per heavy atom. The lowest BCUT2D eigenvalue weighted by Gasteiger charge is -2.33. The maximum Gasteiger partial charge on any atom is 0.292 e. The zero-order chi connectivity index (χ0) is 18.6. The van der Waals surface area contributed by atoms with Crippen LogP contribution in [0, 0.1) is 5.92 Å². The molecule has 0 radical (unpaired) electrons. The molecule has 1 saturated heterocycles. The van der Waals surface area contributed by atoms with Gasteiger partial charge in [-0.2, -0.15) is 0 Å². The van der Waals surface area contributed by atoms with Crippen molar-refractivity contribution in [3.8, 4) is 0 Å². The molecule has 0 bridgehead atoms. The van der Waals surface area contributed by atoms with Crippen LogP contribution in [0.25, 0.3) is 5.65 Å². The second-order valence-corrected chi connectivity index (χ2v) is 7.37. The van der Waals surface area contributed by atoms with Gasteiger partial charge in [-0.1, -0.05) is 36.4 Å². The van der Waals surface area contributed by atoms with E-state index in [2.05, 4.69) is 52.5 Å². The highest BCUT2D eigenvalue weighted by molar-refractivity contribution is 5.91. The lowest BCUT2D eigenvalue weighted by molar-refractivity contribution is 0.0658. The molecule has 140 valence electrons. The minimum Gasteiger partial charge on any atom is -0.336 e. The molecular weight excluding hydrogens is 338 g/mol. The number of fused-ring (bicyclic) bond motifs is 1. The quantitative estimate of drug-likeness (QED) is 0.699. The Kier molecular flexibility index (Phi) is 5.16. The summed E-state index contributed by atoms with van der Waals surface area (Å²) in [6.45, 7) is 3.59. The van der Waals surface area contributed by atoms with Crippen LogP contribution in [0.3, 0.4) is 0 Å². The van der Waals surface area contributed by atoms with Crippen LogP contribution in [0.5, 0.6) is 0 Å². The molecule has 0 unspecified atom stereocenters. The maximum absolute atomic E-state index is 12.8. The van der Waals surface area contributed by atoms with E-state index in [0.29, 0.717) is 17.4 Å². The van der Waals surface area contributed by atoms with E-state index in [1.165, 1.54) is 5.56 Å². The van der Waals surface area contributed by atoms with E-state index in [1.807, 2.05) is 29.3 Å². The first-order valence-corrected chi connectivity index (χ1v) is 9.52. The van der Waals surface area contributed by atoms with Crippen molar-refractivity contribution in [2.45, 2.75) is 19.4 Å². The number of carbonyl (C=O) groups is 1. The molecule has 1 aromatic carbocycles. The maximum atomic E-state index is 12.8. The fraction of sp³-hybridized carbons (Fsp3) is 0.381. The van der Waals surface area contributed by atoms with Crippen LogP contribution in [0.2, 0.25) is 0 Å². The van der Waals surface area contributed by atoms with Crippen LogP contribution in [-0.4, -0.2) is 57.0 Å². The van der Waals surface area contributed by atoms with E-state index in [4.69, 9.17) is 0 Å². The van der Waals surface area contributed by atoms with E-state index >= 15 is 0 Å². The Labute approximate surface area is 159 Å². The highest BCUT2D eigenvalue weighted by Gasteiger charge is 2.27. The van der Waals surface area contributed by atoms with E-state index < -0.39 is 0 Å². The van der Waals surface area contributed by atoms with Gasteiger partial charge in [0.15, 0.2) is 5.65 Å². The van der Waals surface area contributed by atoms with Crippen molar-refractivity contribution in [2.75, 3.05) is 26.7 Å². The molecule has 1 aliphatic rings. The smallest absolute Gasteiger partial charge is 0.292 e. The number of aromatic nitrogens is 3. The second-order valence-electron chi connectivity index (χ2n) is 7.37. The summed E-state index contributed by atoms with van der Waals surface area (Å²) in [6.07, 6.45) is 3.90. The predicted octanol–water partition coefficient (Wildman–Crippen LogP) is 2.71. The predicted molar refractivity (Wildman–Crippen MR) is 104 cm³/mol. The molecule has 1 amide bonds.